The standard InChI is InChI=1S/C27H34N6O2/c1-18-19(2)32(20-8-4-3-5-9-20)26(22(18)16-28)30-25(34)17-31-14-12-21(13-15-31)33-24-11-7-6-10-23(24)29-27(33)35/h6-7,10-11,20-21H,3-5,8-9,12-15,17H2,1-2H3,(H,29,35)(H,30,34). The number of aromatic amines is 1. The number of fused-ring (bicyclic) bond motifs is 1. The average molecular weight is 475 g/mol. The molecule has 1 saturated carbocycles. The van der Waals surface area contributed by atoms with Gasteiger partial charge in [-0.25, -0.2) is 4.79 Å². The topological polar surface area (TPSA) is 98.8 Å². The molecule has 0 spiro atoms. The van der Waals surface area contributed by atoms with Crippen molar-refractivity contribution in [3.8, 4) is 6.07 Å². The Morgan fingerprint density at radius 3 is 2.46 bits per heavy atom. The molecule has 0 atom stereocenters. The van der Waals surface area contributed by atoms with Crippen LogP contribution in [0.4, 0.5) is 5.82 Å². The van der Waals surface area contributed by atoms with Crippen molar-refractivity contribution in [1.82, 2.24) is 19.0 Å². The molecule has 5 rings (SSSR count). The fraction of sp³-hybridized carbons (Fsp3) is 0.519. The quantitative estimate of drug-likeness (QED) is 0.573. The lowest BCUT2D eigenvalue weighted by Crippen LogP contribution is -2.41. The van der Waals surface area contributed by atoms with Crippen molar-refractivity contribution in [2.45, 2.75) is 70.9 Å². The maximum absolute atomic E-state index is 13.1. The molecule has 2 fully saturated rings. The predicted octanol–water partition coefficient (Wildman–Crippen LogP) is 4.40. The number of piperidine rings is 1. The van der Waals surface area contributed by atoms with Gasteiger partial charge in [0.05, 0.1) is 23.1 Å². The SMILES string of the molecule is Cc1c(C#N)c(NC(=O)CN2CCC(n3c(=O)[nH]c4ccccc43)CC2)n(C2CCCCC2)c1C. The van der Waals surface area contributed by atoms with E-state index in [1.165, 1.54) is 19.3 Å². The number of carbonyl (C=O) groups excluding carboxylic acids is 1. The van der Waals surface area contributed by atoms with Crippen molar-refractivity contribution < 1.29 is 4.79 Å². The summed E-state index contributed by atoms with van der Waals surface area (Å²) < 4.78 is 4.08. The summed E-state index contributed by atoms with van der Waals surface area (Å²) in [5, 5.41) is 12.9. The van der Waals surface area contributed by atoms with Gasteiger partial charge >= 0.3 is 5.69 Å². The van der Waals surface area contributed by atoms with Gasteiger partial charge in [-0.05, 0) is 57.2 Å². The molecule has 8 heteroatoms. The Labute approximate surface area is 205 Å². The molecule has 2 aromatic heterocycles. The van der Waals surface area contributed by atoms with Crippen LogP contribution in [-0.2, 0) is 4.79 Å². The Bertz CT molecular complexity index is 1330. The van der Waals surface area contributed by atoms with E-state index in [1.807, 2.05) is 35.8 Å². The molecule has 1 saturated heterocycles. The number of benzene rings is 1. The van der Waals surface area contributed by atoms with Gasteiger partial charge in [-0.1, -0.05) is 31.4 Å². The van der Waals surface area contributed by atoms with Crippen LogP contribution < -0.4 is 11.0 Å². The Balaban J connectivity index is 1.26. The number of H-pyrrole nitrogens is 1. The minimum Gasteiger partial charge on any atom is -0.327 e. The maximum Gasteiger partial charge on any atom is 0.326 e. The number of nitriles is 1. The second kappa shape index (κ2) is 9.74. The molecule has 0 radical (unpaired) electrons. The van der Waals surface area contributed by atoms with Gasteiger partial charge in [0, 0.05) is 30.9 Å². The van der Waals surface area contributed by atoms with Gasteiger partial charge in [0.25, 0.3) is 0 Å². The van der Waals surface area contributed by atoms with E-state index in [0.717, 1.165) is 61.1 Å². The maximum atomic E-state index is 13.1. The number of hydrogen-bond donors (Lipinski definition) is 2. The molecule has 35 heavy (non-hydrogen) atoms. The van der Waals surface area contributed by atoms with E-state index in [9.17, 15) is 14.9 Å². The zero-order chi connectivity index (χ0) is 24.5. The minimum absolute atomic E-state index is 0.0689. The number of carbonyl (C=O) groups is 1. The molecule has 3 heterocycles. The van der Waals surface area contributed by atoms with Crippen LogP contribution in [-0.4, -0.2) is 44.6 Å². The summed E-state index contributed by atoms with van der Waals surface area (Å²) in [6.07, 6.45) is 7.43. The molecule has 1 aliphatic carbocycles. The van der Waals surface area contributed by atoms with Crippen LogP contribution in [0, 0.1) is 25.2 Å². The number of nitrogens with zero attached hydrogens (tertiary/aromatic N) is 4. The highest BCUT2D eigenvalue weighted by atomic mass is 16.2. The van der Waals surface area contributed by atoms with Gasteiger partial charge in [-0.15, -0.1) is 0 Å². The number of nitrogens with one attached hydrogen (secondary N) is 2. The highest BCUT2D eigenvalue weighted by Gasteiger charge is 2.28. The van der Waals surface area contributed by atoms with E-state index in [-0.39, 0.29) is 24.2 Å². The van der Waals surface area contributed by atoms with Crippen LogP contribution in [0.15, 0.2) is 29.1 Å². The number of aromatic nitrogens is 3. The van der Waals surface area contributed by atoms with Gasteiger partial charge < -0.3 is 14.9 Å². The molecule has 0 unspecified atom stereocenters. The molecule has 1 amide bonds. The molecular formula is C27H34N6O2. The van der Waals surface area contributed by atoms with E-state index in [1.54, 1.807) is 0 Å². The first kappa shape index (κ1) is 23.4. The van der Waals surface area contributed by atoms with Gasteiger partial charge in [0.2, 0.25) is 5.91 Å². The zero-order valence-corrected chi connectivity index (χ0v) is 20.6. The third-order valence-corrected chi connectivity index (χ3v) is 7.98. The van der Waals surface area contributed by atoms with Gasteiger partial charge in [0.1, 0.15) is 11.9 Å². The summed E-state index contributed by atoms with van der Waals surface area (Å²) in [5.74, 6) is 0.582. The predicted molar refractivity (Wildman–Crippen MR) is 137 cm³/mol. The summed E-state index contributed by atoms with van der Waals surface area (Å²) in [5.41, 5.74) is 4.35. The first-order chi connectivity index (χ1) is 17.0. The van der Waals surface area contributed by atoms with Crippen molar-refractivity contribution in [3.63, 3.8) is 0 Å². The third kappa shape index (κ3) is 4.41. The summed E-state index contributed by atoms with van der Waals surface area (Å²) in [6.45, 7) is 5.81. The fourth-order valence-electron chi connectivity index (χ4n) is 6.03. The molecule has 1 aliphatic heterocycles. The molecule has 2 aliphatic rings. The van der Waals surface area contributed by atoms with E-state index in [4.69, 9.17) is 0 Å². The van der Waals surface area contributed by atoms with Crippen molar-refractivity contribution >= 4 is 22.8 Å². The van der Waals surface area contributed by atoms with Crippen LogP contribution in [0.5, 0.6) is 0 Å². The highest BCUT2D eigenvalue weighted by molar-refractivity contribution is 5.93. The molecule has 184 valence electrons. The lowest BCUT2D eigenvalue weighted by Gasteiger charge is -2.32. The van der Waals surface area contributed by atoms with E-state index in [0.29, 0.717) is 17.4 Å². The number of imidazole rings is 1. The van der Waals surface area contributed by atoms with E-state index in [2.05, 4.69) is 32.8 Å². The number of para-hydroxylation sites is 2. The number of hydrogen-bond acceptors (Lipinski definition) is 4. The first-order valence-corrected chi connectivity index (χ1v) is 12.8. The van der Waals surface area contributed by atoms with Crippen molar-refractivity contribution in [2.24, 2.45) is 0 Å². The zero-order valence-electron chi connectivity index (χ0n) is 20.6. The van der Waals surface area contributed by atoms with Crippen LogP contribution in [0.1, 0.15) is 73.9 Å². The molecule has 8 nitrogen and oxygen atoms in total. The van der Waals surface area contributed by atoms with Gasteiger partial charge in [-0.2, -0.15) is 5.26 Å². The lowest BCUT2D eigenvalue weighted by atomic mass is 9.95. The van der Waals surface area contributed by atoms with E-state index < -0.39 is 0 Å². The second-order valence-electron chi connectivity index (χ2n) is 10.1. The fourth-order valence-corrected chi connectivity index (χ4v) is 6.03. The largest absolute Gasteiger partial charge is 0.327 e. The van der Waals surface area contributed by atoms with Crippen LogP contribution in [0.2, 0.25) is 0 Å². The van der Waals surface area contributed by atoms with Crippen LogP contribution >= 0.6 is 0 Å². The molecule has 2 N–H and O–H groups in total. The lowest BCUT2D eigenvalue weighted by molar-refractivity contribution is -0.117. The molecular weight excluding hydrogens is 440 g/mol. The number of anilines is 1. The summed E-state index contributed by atoms with van der Waals surface area (Å²) >= 11 is 0. The van der Waals surface area contributed by atoms with Crippen LogP contribution in [0.25, 0.3) is 11.0 Å². The smallest absolute Gasteiger partial charge is 0.326 e. The average Bonchev–Trinajstić information content (AvgIpc) is 3.32. The van der Waals surface area contributed by atoms with E-state index >= 15 is 0 Å². The van der Waals surface area contributed by atoms with Crippen molar-refractivity contribution in [2.75, 3.05) is 25.0 Å². The van der Waals surface area contributed by atoms with Gasteiger partial charge in [-0.3, -0.25) is 14.3 Å². The number of rotatable bonds is 5. The second-order valence-corrected chi connectivity index (χ2v) is 10.1. The third-order valence-electron chi connectivity index (χ3n) is 7.98. The van der Waals surface area contributed by atoms with Gasteiger partial charge in [0.15, 0.2) is 0 Å². The Hall–Kier alpha value is -3.31. The molecule has 0 bridgehead atoms. The summed E-state index contributed by atoms with van der Waals surface area (Å²) in [4.78, 5) is 30.8. The Morgan fingerprint density at radius 2 is 1.74 bits per heavy atom. The molecule has 3 aromatic rings. The van der Waals surface area contributed by atoms with Crippen LogP contribution in [0.3, 0.4) is 0 Å². The van der Waals surface area contributed by atoms with Crippen molar-refractivity contribution in [1.29, 1.82) is 5.26 Å². The molecule has 1 aromatic carbocycles. The summed E-state index contributed by atoms with van der Waals surface area (Å²) in [7, 11) is 0. The van der Waals surface area contributed by atoms with Crippen molar-refractivity contribution in [3.05, 3.63) is 51.6 Å². The number of likely N-dealkylation sites (tertiary alicyclic amines) is 1. The normalized spacial score (nSPS) is 18.1. The Kier molecular flexibility index (Phi) is 6.52. The Morgan fingerprint density at radius 1 is 1.06 bits per heavy atom. The summed E-state index contributed by atoms with van der Waals surface area (Å²) in [6, 6.07) is 10.6. The minimum atomic E-state index is -0.0845. The number of amides is 1. The monoisotopic (exact) mass is 474 g/mol. The highest BCUT2D eigenvalue weighted by Crippen LogP contribution is 2.36. The first-order valence-electron chi connectivity index (χ1n) is 12.8.